The first-order valence-corrected chi connectivity index (χ1v) is 19.6. The van der Waals surface area contributed by atoms with Crippen molar-refractivity contribution in [2.75, 3.05) is 5.75 Å². The highest BCUT2D eigenvalue weighted by Gasteiger charge is 2.26. The maximum atomic E-state index is 12.5. The lowest BCUT2D eigenvalue weighted by atomic mass is 10.0. The van der Waals surface area contributed by atoms with Crippen molar-refractivity contribution in [3.8, 4) is 0 Å². The van der Waals surface area contributed by atoms with Gasteiger partial charge in [0.2, 0.25) is 5.91 Å². The van der Waals surface area contributed by atoms with E-state index < -0.39 is 28.0 Å². The molecule has 2 unspecified atom stereocenters. The average molecular weight is 628 g/mol. The number of hydrogen-bond acceptors (Lipinski definition) is 4. The van der Waals surface area contributed by atoms with E-state index >= 15 is 0 Å². The standard InChI is InChI=1S/C36H69NO5S/c1-3-5-7-9-11-13-15-17-18-19-20-22-24-26-28-30-32-36(39)37-34(33-43(40,41)42)35(38)31-29-27-25-23-21-16-14-12-10-8-6-4-2/h13,15,18-19,34-35,38H,3-12,14,16-17,20-33H2,1-2H3,(H,37,39)(H,40,41,42)/b15-13-,19-18-. The van der Waals surface area contributed by atoms with E-state index in [1.165, 1.54) is 89.9 Å². The van der Waals surface area contributed by atoms with E-state index in [9.17, 15) is 22.9 Å². The van der Waals surface area contributed by atoms with Gasteiger partial charge in [0, 0.05) is 6.42 Å². The molecular weight excluding hydrogens is 558 g/mol. The summed E-state index contributed by atoms with van der Waals surface area (Å²) in [4.78, 5) is 12.5. The van der Waals surface area contributed by atoms with Gasteiger partial charge < -0.3 is 10.4 Å². The van der Waals surface area contributed by atoms with Crippen LogP contribution in [0.5, 0.6) is 0 Å². The quantitative estimate of drug-likeness (QED) is 0.0391. The van der Waals surface area contributed by atoms with Gasteiger partial charge >= 0.3 is 0 Å². The van der Waals surface area contributed by atoms with Crippen molar-refractivity contribution in [2.45, 2.75) is 193 Å². The molecule has 0 aliphatic rings. The predicted octanol–water partition coefficient (Wildman–Crippen LogP) is 10.0. The Hall–Kier alpha value is -1.18. The van der Waals surface area contributed by atoms with Gasteiger partial charge in [-0.3, -0.25) is 9.35 Å². The van der Waals surface area contributed by atoms with Gasteiger partial charge in [-0.15, -0.1) is 0 Å². The Morgan fingerprint density at radius 1 is 0.628 bits per heavy atom. The number of nitrogens with one attached hydrogen (secondary N) is 1. The molecule has 3 N–H and O–H groups in total. The number of aliphatic hydroxyl groups is 1. The van der Waals surface area contributed by atoms with Crippen molar-refractivity contribution in [3.05, 3.63) is 24.3 Å². The number of aliphatic hydroxyl groups excluding tert-OH is 1. The van der Waals surface area contributed by atoms with Crippen LogP contribution in [0.1, 0.15) is 181 Å². The smallest absolute Gasteiger partial charge is 0.266 e. The minimum Gasteiger partial charge on any atom is -0.391 e. The van der Waals surface area contributed by atoms with Gasteiger partial charge in [0.05, 0.1) is 17.9 Å². The molecule has 0 bridgehead atoms. The first-order valence-electron chi connectivity index (χ1n) is 18.0. The fourth-order valence-electron chi connectivity index (χ4n) is 5.42. The molecule has 0 aromatic rings. The topological polar surface area (TPSA) is 104 Å². The second kappa shape index (κ2) is 30.8. The first kappa shape index (κ1) is 41.8. The van der Waals surface area contributed by atoms with Crippen molar-refractivity contribution < 1.29 is 22.9 Å². The Kier molecular flexibility index (Phi) is 30.0. The molecule has 0 heterocycles. The largest absolute Gasteiger partial charge is 0.391 e. The molecule has 0 aromatic heterocycles. The molecule has 0 fully saturated rings. The molecule has 43 heavy (non-hydrogen) atoms. The lowest BCUT2D eigenvalue weighted by Gasteiger charge is -2.23. The van der Waals surface area contributed by atoms with Gasteiger partial charge in [0.1, 0.15) is 0 Å². The van der Waals surface area contributed by atoms with Crippen molar-refractivity contribution in [3.63, 3.8) is 0 Å². The number of allylic oxidation sites excluding steroid dienone is 4. The molecule has 6 nitrogen and oxygen atoms in total. The van der Waals surface area contributed by atoms with Crippen LogP contribution in [0.25, 0.3) is 0 Å². The highest BCUT2D eigenvalue weighted by Crippen LogP contribution is 2.15. The minimum atomic E-state index is -4.31. The molecule has 0 aliphatic heterocycles. The molecule has 2 atom stereocenters. The van der Waals surface area contributed by atoms with Crippen LogP contribution in [0.4, 0.5) is 0 Å². The Balaban J connectivity index is 3.96. The third-order valence-corrected chi connectivity index (χ3v) is 8.94. The highest BCUT2D eigenvalue weighted by molar-refractivity contribution is 7.85. The molecule has 254 valence electrons. The Bertz CT molecular complexity index is 781. The summed E-state index contributed by atoms with van der Waals surface area (Å²) in [6.45, 7) is 4.48. The van der Waals surface area contributed by atoms with Crippen LogP contribution in [-0.2, 0) is 14.9 Å². The van der Waals surface area contributed by atoms with E-state index in [1.54, 1.807) is 0 Å². The third kappa shape index (κ3) is 32.0. The first-order chi connectivity index (χ1) is 20.8. The molecule has 7 heteroatoms. The van der Waals surface area contributed by atoms with Gasteiger partial charge in [0.15, 0.2) is 0 Å². The van der Waals surface area contributed by atoms with Crippen molar-refractivity contribution in [1.29, 1.82) is 0 Å². The van der Waals surface area contributed by atoms with Crippen molar-refractivity contribution in [2.24, 2.45) is 0 Å². The summed E-state index contributed by atoms with van der Waals surface area (Å²) < 4.78 is 32.4. The van der Waals surface area contributed by atoms with Crippen LogP contribution in [-0.4, -0.2) is 41.9 Å². The maximum absolute atomic E-state index is 12.5. The van der Waals surface area contributed by atoms with Gasteiger partial charge in [0.25, 0.3) is 10.1 Å². The summed E-state index contributed by atoms with van der Waals surface area (Å²) in [5.41, 5.74) is 0. The lowest BCUT2D eigenvalue weighted by molar-refractivity contribution is -0.122. The van der Waals surface area contributed by atoms with E-state index in [0.29, 0.717) is 12.8 Å². The SMILES string of the molecule is CCCCCC/C=C\C/C=C\CCCCCCCC(=O)NC(CS(=O)(=O)O)C(O)CCCCCCCCCCCCCC. The van der Waals surface area contributed by atoms with E-state index in [1.807, 2.05) is 0 Å². The maximum Gasteiger partial charge on any atom is 0.266 e. The Labute approximate surface area is 266 Å². The number of unbranched alkanes of at least 4 members (excludes halogenated alkanes) is 20. The Morgan fingerprint density at radius 2 is 1.05 bits per heavy atom. The molecule has 0 aliphatic carbocycles. The van der Waals surface area contributed by atoms with Gasteiger partial charge in [-0.2, -0.15) is 8.42 Å². The number of rotatable bonds is 32. The summed E-state index contributed by atoms with van der Waals surface area (Å²) in [6.07, 6.45) is 36.9. The summed E-state index contributed by atoms with van der Waals surface area (Å²) >= 11 is 0. The molecule has 0 rings (SSSR count). The second-order valence-corrected chi connectivity index (χ2v) is 14.0. The van der Waals surface area contributed by atoms with Crippen LogP contribution >= 0.6 is 0 Å². The molecule has 0 saturated heterocycles. The second-order valence-electron chi connectivity index (χ2n) is 12.5. The molecule has 0 spiro atoms. The van der Waals surface area contributed by atoms with Crippen LogP contribution in [0.15, 0.2) is 24.3 Å². The summed E-state index contributed by atoms with van der Waals surface area (Å²) in [5, 5.41) is 13.3. The van der Waals surface area contributed by atoms with Gasteiger partial charge in [-0.05, 0) is 44.9 Å². The Morgan fingerprint density at radius 3 is 1.53 bits per heavy atom. The van der Waals surface area contributed by atoms with Crippen molar-refractivity contribution >= 4 is 16.0 Å². The normalized spacial score (nSPS) is 13.7. The number of hydrogen-bond donors (Lipinski definition) is 3. The van der Waals surface area contributed by atoms with Gasteiger partial charge in [-0.25, -0.2) is 0 Å². The summed E-state index contributed by atoms with van der Waals surface area (Å²) in [5.74, 6) is -0.913. The van der Waals surface area contributed by atoms with Crippen molar-refractivity contribution in [1.82, 2.24) is 5.32 Å². The molecule has 0 radical (unpaired) electrons. The average Bonchev–Trinajstić information content (AvgIpc) is 2.96. The van der Waals surface area contributed by atoms with E-state index in [0.717, 1.165) is 64.2 Å². The lowest BCUT2D eigenvalue weighted by Crippen LogP contribution is -2.47. The number of carbonyl (C=O) groups excluding carboxylic acids is 1. The zero-order chi connectivity index (χ0) is 31.9. The fraction of sp³-hybridized carbons (Fsp3) is 0.861. The van der Waals surface area contributed by atoms with Crippen LogP contribution in [0.3, 0.4) is 0 Å². The molecular formula is C36H69NO5S. The van der Waals surface area contributed by atoms with E-state index in [2.05, 4.69) is 43.5 Å². The van der Waals surface area contributed by atoms with Gasteiger partial charge in [-0.1, -0.05) is 154 Å². The van der Waals surface area contributed by atoms with E-state index in [4.69, 9.17) is 0 Å². The summed E-state index contributed by atoms with van der Waals surface area (Å²) in [6, 6.07) is -0.974. The number of carbonyl (C=O) groups is 1. The molecule has 0 aromatic carbocycles. The zero-order valence-corrected chi connectivity index (χ0v) is 28.9. The minimum absolute atomic E-state index is 0.260. The van der Waals surface area contributed by atoms with Crippen LogP contribution in [0.2, 0.25) is 0 Å². The monoisotopic (exact) mass is 627 g/mol. The predicted molar refractivity (Wildman–Crippen MR) is 184 cm³/mol. The zero-order valence-electron chi connectivity index (χ0n) is 28.1. The van der Waals surface area contributed by atoms with Crippen LogP contribution in [0, 0.1) is 0 Å². The summed E-state index contributed by atoms with van der Waals surface area (Å²) in [7, 11) is -4.31. The fourth-order valence-corrected chi connectivity index (χ4v) is 6.18. The third-order valence-electron chi connectivity index (χ3n) is 8.16. The van der Waals surface area contributed by atoms with E-state index in [-0.39, 0.29) is 5.91 Å². The number of amides is 1. The molecule has 0 saturated carbocycles. The highest BCUT2D eigenvalue weighted by atomic mass is 32.2. The molecule has 1 amide bonds. The van der Waals surface area contributed by atoms with Crippen LogP contribution < -0.4 is 5.32 Å².